The molecule has 2 aromatic rings. The van der Waals surface area contributed by atoms with Crippen molar-refractivity contribution >= 4 is 48.5 Å². The summed E-state index contributed by atoms with van der Waals surface area (Å²) in [5.41, 5.74) is 0.987. The summed E-state index contributed by atoms with van der Waals surface area (Å²) < 4.78 is 7.76. The lowest BCUT2D eigenvalue weighted by molar-refractivity contribution is -0.125. The molecule has 0 aliphatic carbocycles. The van der Waals surface area contributed by atoms with Crippen LogP contribution in [-0.2, 0) is 4.79 Å². The van der Waals surface area contributed by atoms with Crippen LogP contribution in [0.25, 0.3) is 10.2 Å². The van der Waals surface area contributed by atoms with Crippen LogP contribution in [0.1, 0.15) is 26.2 Å². The van der Waals surface area contributed by atoms with Crippen molar-refractivity contribution in [2.45, 2.75) is 26.2 Å². The van der Waals surface area contributed by atoms with Gasteiger partial charge in [-0.05, 0) is 61.8 Å². The van der Waals surface area contributed by atoms with Crippen LogP contribution in [0.15, 0.2) is 16.6 Å². The predicted octanol–water partition coefficient (Wildman–Crippen LogP) is 3.43. The Hall–Kier alpha value is -1.42. The maximum absolute atomic E-state index is 12.6. The lowest BCUT2D eigenvalue weighted by atomic mass is 9.96. The topological polar surface area (TPSA) is 60.9 Å². The highest BCUT2D eigenvalue weighted by atomic mass is 79.9. The van der Waals surface area contributed by atoms with Gasteiger partial charge in [0.15, 0.2) is 5.13 Å². The molecule has 2 fully saturated rings. The number of rotatable bonds is 8. The number of piperidine rings is 1. The van der Waals surface area contributed by atoms with Gasteiger partial charge in [0.2, 0.25) is 5.91 Å². The van der Waals surface area contributed by atoms with Crippen molar-refractivity contribution in [3.63, 3.8) is 0 Å². The Bertz CT molecular complexity index is 907. The van der Waals surface area contributed by atoms with Gasteiger partial charge in [-0.3, -0.25) is 4.79 Å². The third-order valence-electron chi connectivity index (χ3n) is 6.41. The molecule has 0 radical (unpaired) electrons. The monoisotopic (exact) mass is 523 g/mol. The number of halogens is 1. The van der Waals surface area contributed by atoms with Crippen LogP contribution in [0.4, 0.5) is 5.13 Å². The van der Waals surface area contributed by atoms with Gasteiger partial charge >= 0.3 is 0 Å². The number of amides is 1. The lowest BCUT2D eigenvalue weighted by Crippen LogP contribution is -2.45. The molecule has 1 aromatic carbocycles. The fraction of sp³-hybridized carbons (Fsp3) is 0.652. The van der Waals surface area contributed by atoms with Crippen molar-refractivity contribution in [2.75, 3.05) is 70.9 Å². The van der Waals surface area contributed by atoms with E-state index in [1.807, 2.05) is 13.0 Å². The molecule has 176 valence electrons. The number of hydrogen-bond donors (Lipinski definition) is 1. The Morgan fingerprint density at radius 2 is 1.97 bits per heavy atom. The number of ether oxygens (including phenoxy) is 1. The zero-order valence-electron chi connectivity index (χ0n) is 19.1. The minimum Gasteiger partial charge on any atom is -0.493 e. The second kappa shape index (κ2) is 11.1. The molecule has 9 heteroatoms. The Labute approximate surface area is 203 Å². The molecule has 4 rings (SSSR count). The van der Waals surface area contributed by atoms with Crippen LogP contribution in [0.2, 0.25) is 0 Å². The van der Waals surface area contributed by atoms with E-state index >= 15 is 0 Å². The second-order valence-electron chi connectivity index (χ2n) is 8.73. The summed E-state index contributed by atoms with van der Waals surface area (Å²) >= 11 is 5.27. The second-order valence-corrected chi connectivity index (χ2v) is 10.6. The van der Waals surface area contributed by atoms with Gasteiger partial charge in [-0.15, -0.1) is 0 Å². The van der Waals surface area contributed by atoms with Crippen molar-refractivity contribution in [1.29, 1.82) is 0 Å². The molecule has 7 nitrogen and oxygen atoms in total. The zero-order chi connectivity index (χ0) is 22.5. The SMILES string of the molecule is CCOc1cc2sc(N3CCC(C(=O)NCCCN4CCN(C)CC4)CC3)nc2cc1Br. The number of nitrogens with zero attached hydrogens (tertiary/aromatic N) is 4. The number of carbonyl (C=O) groups is 1. The summed E-state index contributed by atoms with van der Waals surface area (Å²) in [5.74, 6) is 1.19. The molecule has 0 atom stereocenters. The highest BCUT2D eigenvalue weighted by molar-refractivity contribution is 9.10. The van der Waals surface area contributed by atoms with Crippen molar-refractivity contribution in [1.82, 2.24) is 20.1 Å². The van der Waals surface area contributed by atoms with Gasteiger partial charge in [0.25, 0.3) is 0 Å². The first-order chi connectivity index (χ1) is 15.5. The molecule has 0 spiro atoms. The fourth-order valence-electron chi connectivity index (χ4n) is 4.38. The van der Waals surface area contributed by atoms with Crippen molar-refractivity contribution in [3.05, 3.63) is 16.6 Å². The first-order valence-corrected chi connectivity index (χ1v) is 13.3. The number of hydrogen-bond acceptors (Lipinski definition) is 7. The van der Waals surface area contributed by atoms with Gasteiger partial charge in [0.1, 0.15) is 5.75 Å². The molecular weight excluding hydrogens is 490 g/mol. The molecule has 2 saturated heterocycles. The number of piperazine rings is 1. The molecule has 1 N–H and O–H groups in total. The summed E-state index contributed by atoms with van der Waals surface area (Å²) in [7, 11) is 2.18. The van der Waals surface area contributed by atoms with Crippen LogP contribution in [0, 0.1) is 5.92 Å². The summed E-state index contributed by atoms with van der Waals surface area (Å²) in [5, 5.41) is 4.21. The normalized spacial score (nSPS) is 18.9. The van der Waals surface area contributed by atoms with Crippen molar-refractivity contribution < 1.29 is 9.53 Å². The number of anilines is 1. The number of thiazole rings is 1. The fourth-order valence-corrected chi connectivity index (χ4v) is 5.86. The Morgan fingerprint density at radius 3 is 2.69 bits per heavy atom. The van der Waals surface area contributed by atoms with Crippen LogP contribution < -0.4 is 15.0 Å². The van der Waals surface area contributed by atoms with Gasteiger partial charge in [-0.2, -0.15) is 0 Å². The van der Waals surface area contributed by atoms with Gasteiger partial charge in [-0.25, -0.2) is 4.98 Å². The minimum absolute atomic E-state index is 0.114. The van der Waals surface area contributed by atoms with Gasteiger partial charge in [0.05, 0.1) is 21.3 Å². The molecule has 32 heavy (non-hydrogen) atoms. The Balaban J connectivity index is 1.22. The molecule has 0 saturated carbocycles. The Morgan fingerprint density at radius 1 is 1.22 bits per heavy atom. The minimum atomic E-state index is 0.114. The largest absolute Gasteiger partial charge is 0.493 e. The van der Waals surface area contributed by atoms with E-state index in [-0.39, 0.29) is 11.8 Å². The van der Waals surface area contributed by atoms with Crippen LogP contribution >= 0.6 is 27.3 Å². The molecule has 1 amide bonds. The van der Waals surface area contributed by atoms with E-state index in [4.69, 9.17) is 9.72 Å². The average molecular weight is 525 g/mol. The van der Waals surface area contributed by atoms with E-state index in [9.17, 15) is 4.79 Å². The first-order valence-electron chi connectivity index (χ1n) is 11.7. The van der Waals surface area contributed by atoms with Crippen molar-refractivity contribution in [3.8, 4) is 5.75 Å². The summed E-state index contributed by atoms with van der Waals surface area (Å²) in [4.78, 5) is 24.6. The molecular formula is C23H34BrN5O2S. The number of nitrogens with one attached hydrogen (secondary N) is 1. The number of benzene rings is 1. The zero-order valence-corrected chi connectivity index (χ0v) is 21.5. The molecule has 2 aliphatic rings. The molecule has 2 aliphatic heterocycles. The van der Waals surface area contributed by atoms with E-state index < -0.39 is 0 Å². The number of carbonyl (C=O) groups excluding carboxylic acids is 1. The highest BCUT2D eigenvalue weighted by Crippen LogP contribution is 2.37. The maximum Gasteiger partial charge on any atom is 0.223 e. The number of likely N-dealkylation sites (N-methyl/N-ethyl adjacent to an activating group) is 1. The third-order valence-corrected chi connectivity index (χ3v) is 8.11. The van der Waals surface area contributed by atoms with E-state index in [2.05, 4.69) is 49.1 Å². The van der Waals surface area contributed by atoms with Crippen LogP contribution in [0.5, 0.6) is 5.75 Å². The summed E-state index contributed by atoms with van der Waals surface area (Å²) in [6.45, 7) is 10.8. The number of fused-ring (bicyclic) bond motifs is 1. The predicted molar refractivity (Wildman–Crippen MR) is 135 cm³/mol. The average Bonchev–Trinajstić information content (AvgIpc) is 3.21. The maximum atomic E-state index is 12.6. The van der Waals surface area contributed by atoms with Gasteiger partial charge < -0.3 is 24.8 Å². The van der Waals surface area contributed by atoms with Gasteiger partial charge in [-0.1, -0.05) is 11.3 Å². The Kier molecular flexibility index (Phi) is 8.26. The van der Waals surface area contributed by atoms with E-state index in [1.54, 1.807) is 11.3 Å². The quantitative estimate of drug-likeness (QED) is 0.535. The smallest absolute Gasteiger partial charge is 0.223 e. The summed E-state index contributed by atoms with van der Waals surface area (Å²) in [6, 6.07) is 4.09. The van der Waals surface area contributed by atoms with E-state index in [0.717, 1.165) is 97.2 Å². The molecule has 0 unspecified atom stereocenters. The van der Waals surface area contributed by atoms with Crippen molar-refractivity contribution in [2.24, 2.45) is 5.92 Å². The molecule has 3 heterocycles. The highest BCUT2D eigenvalue weighted by Gasteiger charge is 2.26. The summed E-state index contributed by atoms with van der Waals surface area (Å²) in [6.07, 6.45) is 2.79. The van der Waals surface area contributed by atoms with Crippen LogP contribution in [-0.4, -0.2) is 86.7 Å². The number of aromatic nitrogens is 1. The van der Waals surface area contributed by atoms with Crippen LogP contribution in [0.3, 0.4) is 0 Å². The standard InChI is InChI=1S/C23H34BrN5O2S/c1-3-31-20-16-21-19(15-18(20)24)26-23(32-21)29-9-5-17(6-10-29)22(30)25-7-4-8-28-13-11-27(2)12-14-28/h15-17H,3-14H2,1-2H3,(H,25,30). The van der Waals surface area contributed by atoms with E-state index in [1.165, 1.54) is 0 Å². The lowest BCUT2D eigenvalue weighted by Gasteiger charge is -2.32. The third kappa shape index (κ3) is 5.92. The molecule has 1 aromatic heterocycles. The van der Waals surface area contributed by atoms with Gasteiger partial charge in [0, 0.05) is 57.8 Å². The van der Waals surface area contributed by atoms with E-state index in [0.29, 0.717) is 6.61 Å². The first kappa shape index (κ1) is 23.7. The molecule has 0 bridgehead atoms.